The van der Waals surface area contributed by atoms with Crippen molar-refractivity contribution >= 4 is 0 Å². The summed E-state index contributed by atoms with van der Waals surface area (Å²) in [5, 5.41) is 10.2. The summed E-state index contributed by atoms with van der Waals surface area (Å²) in [6.07, 6.45) is 0. The zero-order valence-electron chi connectivity index (χ0n) is 14.9. The van der Waals surface area contributed by atoms with Gasteiger partial charge in [-0.3, -0.25) is 9.36 Å². The lowest BCUT2D eigenvalue weighted by molar-refractivity contribution is 0.476. The van der Waals surface area contributed by atoms with Crippen molar-refractivity contribution in [3.05, 3.63) is 75.7 Å². The first-order valence-electron chi connectivity index (χ1n) is 8.39. The van der Waals surface area contributed by atoms with Crippen LogP contribution in [0.5, 0.6) is 5.75 Å². The van der Waals surface area contributed by atoms with E-state index in [1.165, 1.54) is 5.56 Å². The van der Waals surface area contributed by atoms with E-state index in [4.69, 9.17) is 0 Å². The minimum Gasteiger partial charge on any atom is -0.507 e. The quantitative estimate of drug-likeness (QED) is 0.775. The van der Waals surface area contributed by atoms with Gasteiger partial charge in [-0.05, 0) is 49.6 Å². The number of phenolic OH excluding ortho intramolecular Hbond substituents is 1. The van der Waals surface area contributed by atoms with Gasteiger partial charge >= 0.3 is 0 Å². The monoisotopic (exact) mass is 334 g/mol. The maximum Gasteiger partial charge on any atom is 0.261 e. The number of benzene rings is 2. The third kappa shape index (κ3) is 3.07. The van der Waals surface area contributed by atoms with Crippen molar-refractivity contribution in [3.63, 3.8) is 0 Å². The number of hydrogen-bond donors (Lipinski definition) is 1. The molecule has 0 spiro atoms. The predicted octanol–water partition coefficient (Wildman–Crippen LogP) is 4.35. The smallest absolute Gasteiger partial charge is 0.261 e. The Morgan fingerprint density at radius 1 is 1.00 bits per heavy atom. The third-order valence-electron chi connectivity index (χ3n) is 4.51. The molecule has 0 atom stereocenters. The molecule has 0 saturated heterocycles. The number of aromatic hydroxyl groups is 1. The van der Waals surface area contributed by atoms with E-state index in [2.05, 4.69) is 18.8 Å². The zero-order valence-corrected chi connectivity index (χ0v) is 14.9. The van der Waals surface area contributed by atoms with Crippen molar-refractivity contribution in [1.82, 2.24) is 9.55 Å². The third-order valence-corrected chi connectivity index (χ3v) is 4.51. The summed E-state index contributed by atoms with van der Waals surface area (Å²) >= 11 is 0. The summed E-state index contributed by atoms with van der Waals surface area (Å²) in [4.78, 5) is 17.6. The number of para-hydroxylation sites is 1. The van der Waals surface area contributed by atoms with Gasteiger partial charge in [0.05, 0.1) is 11.3 Å². The Hall–Kier alpha value is -2.88. The average Bonchev–Trinajstić information content (AvgIpc) is 2.60. The number of phenols is 1. The first kappa shape index (κ1) is 17.0. The second kappa shape index (κ2) is 6.55. The number of aryl methyl sites for hydroxylation is 1. The van der Waals surface area contributed by atoms with E-state index in [-0.39, 0.29) is 11.3 Å². The molecule has 0 amide bonds. The highest BCUT2D eigenvalue weighted by Crippen LogP contribution is 2.29. The first-order valence-corrected chi connectivity index (χ1v) is 8.39. The van der Waals surface area contributed by atoms with Crippen LogP contribution >= 0.6 is 0 Å². The van der Waals surface area contributed by atoms with E-state index < -0.39 is 0 Å². The van der Waals surface area contributed by atoms with Gasteiger partial charge < -0.3 is 5.11 Å². The fourth-order valence-corrected chi connectivity index (χ4v) is 2.80. The van der Waals surface area contributed by atoms with E-state index in [1.807, 2.05) is 37.3 Å². The summed E-state index contributed by atoms with van der Waals surface area (Å²) in [7, 11) is 0. The van der Waals surface area contributed by atoms with Gasteiger partial charge in [0.1, 0.15) is 5.75 Å². The fraction of sp³-hybridized carbons (Fsp3) is 0.238. The molecule has 0 radical (unpaired) electrons. The zero-order chi connectivity index (χ0) is 18.1. The molecule has 0 aliphatic heterocycles. The van der Waals surface area contributed by atoms with Crippen molar-refractivity contribution in [1.29, 1.82) is 0 Å². The van der Waals surface area contributed by atoms with Crippen molar-refractivity contribution in [2.24, 2.45) is 0 Å². The van der Waals surface area contributed by atoms with Crippen LogP contribution in [0.1, 0.15) is 36.6 Å². The molecule has 2 aromatic carbocycles. The molecule has 1 aromatic heterocycles. The second-order valence-corrected chi connectivity index (χ2v) is 6.55. The van der Waals surface area contributed by atoms with Crippen LogP contribution in [0.2, 0.25) is 0 Å². The number of aromatic nitrogens is 2. The van der Waals surface area contributed by atoms with Crippen LogP contribution < -0.4 is 5.56 Å². The van der Waals surface area contributed by atoms with E-state index in [0.29, 0.717) is 28.6 Å². The Labute approximate surface area is 147 Å². The maximum absolute atomic E-state index is 13.0. The Kier molecular flexibility index (Phi) is 4.45. The van der Waals surface area contributed by atoms with Gasteiger partial charge in [0.15, 0.2) is 5.82 Å². The highest BCUT2D eigenvalue weighted by atomic mass is 16.3. The maximum atomic E-state index is 13.0. The first-order chi connectivity index (χ1) is 11.9. The van der Waals surface area contributed by atoms with Crippen molar-refractivity contribution in [3.8, 4) is 22.8 Å². The normalized spacial score (nSPS) is 11.1. The molecule has 3 aromatic rings. The van der Waals surface area contributed by atoms with Crippen LogP contribution in [-0.4, -0.2) is 14.7 Å². The molecule has 0 bridgehead atoms. The van der Waals surface area contributed by atoms with Crippen LogP contribution in [-0.2, 0) is 0 Å². The molecule has 128 valence electrons. The topological polar surface area (TPSA) is 55.1 Å². The molecule has 0 aliphatic rings. The van der Waals surface area contributed by atoms with Crippen molar-refractivity contribution < 1.29 is 5.11 Å². The molecule has 0 fully saturated rings. The molecular weight excluding hydrogens is 312 g/mol. The summed E-state index contributed by atoms with van der Waals surface area (Å²) in [5.74, 6) is 0.968. The lowest BCUT2D eigenvalue weighted by Gasteiger charge is -2.16. The second-order valence-electron chi connectivity index (χ2n) is 6.55. The largest absolute Gasteiger partial charge is 0.507 e. The van der Waals surface area contributed by atoms with Crippen LogP contribution in [0.3, 0.4) is 0 Å². The molecule has 25 heavy (non-hydrogen) atoms. The summed E-state index contributed by atoms with van der Waals surface area (Å²) < 4.78 is 1.57. The number of rotatable bonds is 3. The van der Waals surface area contributed by atoms with Gasteiger partial charge in [-0.1, -0.05) is 38.1 Å². The Morgan fingerprint density at radius 2 is 1.64 bits per heavy atom. The van der Waals surface area contributed by atoms with Gasteiger partial charge in [0.2, 0.25) is 0 Å². The van der Waals surface area contributed by atoms with Crippen LogP contribution in [0.15, 0.2) is 53.3 Å². The van der Waals surface area contributed by atoms with E-state index in [9.17, 15) is 9.90 Å². The highest BCUT2D eigenvalue weighted by molar-refractivity contribution is 5.66. The summed E-state index contributed by atoms with van der Waals surface area (Å²) in [6, 6.07) is 14.8. The molecule has 1 heterocycles. The predicted molar refractivity (Wildman–Crippen MR) is 100 cm³/mol. The summed E-state index contributed by atoms with van der Waals surface area (Å²) in [5.41, 5.74) is 3.63. The standard InChI is InChI=1S/C21H22N2O2/c1-13(2)16-9-11-17(12-10-16)23-20(18-7-5-6-8-19(18)24)22-15(4)14(3)21(23)25/h5-13,24H,1-4H3. The molecule has 4 nitrogen and oxygen atoms in total. The van der Waals surface area contributed by atoms with Crippen LogP contribution in [0, 0.1) is 13.8 Å². The number of nitrogens with zero attached hydrogens (tertiary/aromatic N) is 2. The van der Waals surface area contributed by atoms with Gasteiger partial charge in [0, 0.05) is 11.3 Å². The lowest BCUT2D eigenvalue weighted by atomic mass is 10.0. The molecule has 1 N–H and O–H groups in total. The van der Waals surface area contributed by atoms with Gasteiger partial charge in [0.25, 0.3) is 5.56 Å². The molecule has 3 rings (SSSR count). The SMILES string of the molecule is Cc1nc(-c2ccccc2O)n(-c2ccc(C(C)C)cc2)c(=O)c1C. The molecule has 4 heteroatoms. The van der Waals surface area contributed by atoms with Gasteiger partial charge in [-0.25, -0.2) is 4.98 Å². The minimum atomic E-state index is -0.122. The fourth-order valence-electron chi connectivity index (χ4n) is 2.80. The van der Waals surface area contributed by atoms with Gasteiger partial charge in [-0.2, -0.15) is 0 Å². The molecular formula is C21H22N2O2. The highest BCUT2D eigenvalue weighted by Gasteiger charge is 2.17. The molecule has 0 saturated carbocycles. The van der Waals surface area contributed by atoms with Crippen LogP contribution in [0.25, 0.3) is 17.1 Å². The Morgan fingerprint density at radius 3 is 2.24 bits per heavy atom. The average molecular weight is 334 g/mol. The summed E-state index contributed by atoms with van der Waals surface area (Å²) in [6.45, 7) is 7.85. The van der Waals surface area contributed by atoms with E-state index in [0.717, 1.165) is 5.69 Å². The Balaban J connectivity index is 2.30. The van der Waals surface area contributed by atoms with Crippen molar-refractivity contribution in [2.45, 2.75) is 33.6 Å². The minimum absolute atomic E-state index is 0.102. The van der Waals surface area contributed by atoms with E-state index >= 15 is 0 Å². The van der Waals surface area contributed by atoms with Gasteiger partial charge in [-0.15, -0.1) is 0 Å². The lowest BCUT2D eigenvalue weighted by Crippen LogP contribution is -2.25. The Bertz CT molecular complexity index is 970. The van der Waals surface area contributed by atoms with Crippen molar-refractivity contribution in [2.75, 3.05) is 0 Å². The molecule has 0 unspecified atom stereocenters. The van der Waals surface area contributed by atoms with E-state index in [1.54, 1.807) is 29.7 Å². The number of hydrogen-bond acceptors (Lipinski definition) is 3. The van der Waals surface area contributed by atoms with Crippen LogP contribution in [0.4, 0.5) is 0 Å². The molecule has 0 aliphatic carbocycles.